The van der Waals surface area contributed by atoms with Gasteiger partial charge in [0.25, 0.3) is 0 Å². The number of fused-ring (bicyclic) bond motifs is 1. The van der Waals surface area contributed by atoms with Gasteiger partial charge in [-0.05, 0) is 53.2 Å². The number of hydrogen-bond donors (Lipinski definition) is 1. The highest BCUT2D eigenvalue weighted by atomic mass is 79.9. The molecule has 1 amide bonds. The number of hydrogen-bond acceptors (Lipinski definition) is 5. The highest BCUT2D eigenvalue weighted by Gasteiger charge is 2.17. The van der Waals surface area contributed by atoms with Crippen molar-refractivity contribution >= 4 is 45.3 Å². The molecule has 0 aliphatic rings. The van der Waals surface area contributed by atoms with E-state index in [4.69, 9.17) is 9.15 Å². The summed E-state index contributed by atoms with van der Waals surface area (Å²) >= 11 is 3.40. The minimum absolute atomic E-state index is 0.0371. The Labute approximate surface area is 157 Å². The highest BCUT2D eigenvalue weighted by Crippen LogP contribution is 2.22. The van der Waals surface area contributed by atoms with E-state index in [9.17, 15) is 9.59 Å². The third kappa shape index (κ3) is 4.20. The van der Waals surface area contributed by atoms with Gasteiger partial charge in [0.15, 0.2) is 0 Å². The fourth-order valence-corrected chi connectivity index (χ4v) is 2.71. The van der Waals surface area contributed by atoms with Crippen LogP contribution in [0.15, 0.2) is 51.7 Å². The van der Waals surface area contributed by atoms with Crippen LogP contribution in [-0.2, 0) is 20.7 Å². The molecule has 0 aromatic carbocycles. The summed E-state index contributed by atoms with van der Waals surface area (Å²) in [6, 6.07) is 7.09. The number of ether oxygens (including phenoxy) is 1. The number of imidazole rings is 1. The number of amides is 1. The molecule has 0 aliphatic carbocycles. The van der Waals surface area contributed by atoms with Gasteiger partial charge in [-0.2, -0.15) is 0 Å². The van der Waals surface area contributed by atoms with E-state index in [2.05, 4.69) is 26.2 Å². The Morgan fingerprint density at radius 2 is 2.23 bits per heavy atom. The summed E-state index contributed by atoms with van der Waals surface area (Å²) in [5.41, 5.74) is 1.04. The van der Waals surface area contributed by atoms with Gasteiger partial charge in [0.2, 0.25) is 5.91 Å². The molecule has 0 atom stereocenters. The molecule has 0 saturated heterocycles. The van der Waals surface area contributed by atoms with E-state index in [0.717, 1.165) is 4.47 Å². The molecule has 3 aromatic heterocycles. The van der Waals surface area contributed by atoms with E-state index >= 15 is 0 Å². The lowest BCUT2D eigenvalue weighted by Crippen LogP contribution is -2.14. The van der Waals surface area contributed by atoms with E-state index in [1.165, 1.54) is 12.3 Å². The van der Waals surface area contributed by atoms with Crippen molar-refractivity contribution in [2.75, 3.05) is 11.9 Å². The van der Waals surface area contributed by atoms with Crippen LogP contribution in [0.3, 0.4) is 0 Å². The lowest BCUT2D eigenvalue weighted by atomic mass is 10.3. The molecule has 0 spiro atoms. The number of esters is 1. The summed E-state index contributed by atoms with van der Waals surface area (Å²) in [6.45, 7) is 2.02. The van der Waals surface area contributed by atoms with Gasteiger partial charge < -0.3 is 14.5 Å². The van der Waals surface area contributed by atoms with Crippen LogP contribution in [0.25, 0.3) is 11.7 Å². The number of nitrogens with zero attached hydrogens (tertiary/aromatic N) is 2. The number of nitrogens with one attached hydrogen (secondary N) is 1. The van der Waals surface area contributed by atoms with Gasteiger partial charge in [0.1, 0.15) is 17.2 Å². The first kappa shape index (κ1) is 17.9. The lowest BCUT2D eigenvalue weighted by Gasteiger charge is -2.06. The number of furan rings is 1. The summed E-state index contributed by atoms with van der Waals surface area (Å²) in [5, 5.41) is 2.78. The molecule has 1 N–H and O–H groups in total. The Hall–Kier alpha value is -2.87. The van der Waals surface area contributed by atoms with Crippen molar-refractivity contribution in [3.63, 3.8) is 0 Å². The highest BCUT2D eigenvalue weighted by molar-refractivity contribution is 9.10. The molecule has 3 rings (SSSR count). The van der Waals surface area contributed by atoms with Crippen LogP contribution in [0.4, 0.5) is 5.82 Å². The number of halogens is 1. The minimum atomic E-state index is -0.406. The Balaban J connectivity index is 1.89. The van der Waals surface area contributed by atoms with Gasteiger partial charge in [0.05, 0.1) is 25.0 Å². The Kier molecular flexibility index (Phi) is 5.52. The molecule has 3 aromatic rings. The Morgan fingerprint density at radius 1 is 1.38 bits per heavy atom. The second-order valence-corrected chi connectivity index (χ2v) is 6.22. The van der Waals surface area contributed by atoms with Crippen LogP contribution < -0.4 is 5.32 Å². The first-order chi connectivity index (χ1) is 12.6. The predicted molar refractivity (Wildman–Crippen MR) is 99.6 cm³/mol. The van der Waals surface area contributed by atoms with Crippen molar-refractivity contribution in [3.8, 4) is 0 Å². The summed E-state index contributed by atoms with van der Waals surface area (Å²) in [7, 11) is 0. The Bertz CT molecular complexity index is 960. The van der Waals surface area contributed by atoms with Gasteiger partial charge in [-0.25, -0.2) is 4.98 Å². The largest absolute Gasteiger partial charge is 0.466 e. The van der Waals surface area contributed by atoms with E-state index in [0.29, 0.717) is 22.9 Å². The van der Waals surface area contributed by atoms with E-state index in [-0.39, 0.29) is 18.9 Å². The first-order valence-electron chi connectivity index (χ1n) is 7.91. The number of carbonyl (C=O) groups excluding carboxylic acids is 2. The molecule has 0 radical (unpaired) electrons. The zero-order chi connectivity index (χ0) is 18.5. The third-order valence-electron chi connectivity index (χ3n) is 3.46. The van der Waals surface area contributed by atoms with Crippen LogP contribution in [0.5, 0.6) is 0 Å². The molecular formula is C18H16BrN3O4. The standard InChI is InChI=1S/C18H16BrN3O4/c1-2-25-17(24)10-14-18(22-11-12(19)5-7-15(22)20-14)21-16(23)8-6-13-4-3-9-26-13/h3-9,11H,2,10H2,1H3,(H,21,23)/b8-6+. The van der Waals surface area contributed by atoms with Crippen molar-refractivity contribution < 1.29 is 18.7 Å². The summed E-state index contributed by atoms with van der Waals surface area (Å²) in [5.74, 6) is 0.209. The molecule has 0 unspecified atom stereocenters. The van der Waals surface area contributed by atoms with E-state index in [1.54, 1.807) is 41.8 Å². The maximum atomic E-state index is 12.3. The van der Waals surface area contributed by atoms with Gasteiger partial charge in [-0.15, -0.1) is 0 Å². The molecule has 8 heteroatoms. The fraction of sp³-hybridized carbons (Fsp3) is 0.167. The van der Waals surface area contributed by atoms with Crippen molar-refractivity contribution in [3.05, 3.63) is 58.7 Å². The monoisotopic (exact) mass is 417 g/mol. The second-order valence-electron chi connectivity index (χ2n) is 5.30. The molecule has 134 valence electrons. The number of aromatic nitrogens is 2. The molecule has 0 fully saturated rings. The first-order valence-corrected chi connectivity index (χ1v) is 8.71. The smallest absolute Gasteiger partial charge is 0.312 e. The Morgan fingerprint density at radius 3 is 2.96 bits per heavy atom. The molecule has 0 aliphatic heterocycles. The van der Waals surface area contributed by atoms with Gasteiger partial charge in [-0.1, -0.05) is 0 Å². The SMILES string of the molecule is CCOC(=O)Cc1nc2ccc(Br)cn2c1NC(=O)/C=C/c1ccco1. The fourth-order valence-electron chi connectivity index (χ4n) is 2.37. The maximum Gasteiger partial charge on any atom is 0.312 e. The van der Waals surface area contributed by atoms with Crippen molar-refractivity contribution in [1.82, 2.24) is 9.38 Å². The zero-order valence-electron chi connectivity index (χ0n) is 13.9. The quantitative estimate of drug-likeness (QED) is 0.490. The zero-order valence-corrected chi connectivity index (χ0v) is 15.5. The van der Waals surface area contributed by atoms with Crippen LogP contribution in [0, 0.1) is 0 Å². The van der Waals surface area contributed by atoms with Crippen LogP contribution in [-0.4, -0.2) is 27.9 Å². The lowest BCUT2D eigenvalue weighted by molar-refractivity contribution is -0.142. The van der Waals surface area contributed by atoms with E-state index < -0.39 is 5.97 Å². The molecule has 0 saturated carbocycles. The summed E-state index contributed by atoms with van der Waals surface area (Å²) in [6.07, 6.45) is 6.16. The van der Waals surface area contributed by atoms with Crippen LogP contribution in [0.2, 0.25) is 0 Å². The summed E-state index contributed by atoms with van der Waals surface area (Å²) < 4.78 is 12.7. The third-order valence-corrected chi connectivity index (χ3v) is 3.92. The molecular weight excluding hydrogens is 402 g/mol. The number of pyridine rings is 1. The normalized spacial score (nSPS) is 11.2. The number of anilines is 1. The molecule has 7 nitrogen and oxygen atoms in total. The van der Waals surface area contributed by atoms with Crippen LogP contribution in [0.1, 0.15) is 18.4 Å². The van der Waals surface area contributed by atoms with Gasteiger partial charge >= 0.3 is 5.97 Å². The van der Waals surface area contributed by atoms with Crippen molar-refractivity contribution in [2.45, 2.75) is 13.3 Å². The molecule has 3 heterocycles. The second kappa shape index (κ2) is 8.01. The van der Waals surface area contributed by atoms with Crippen molar-refractivity contribution in [1.29, 1.82) is 0 Å². The minimum Gasteiger partial charge on any atom is -0.466 e. The molecule has 0 bridgehead atoms. The average molecular weight is 418 g/mol. The van der Waals surface area contributed by atoms with Gasteiger partial charge in [-0.3, -0.25) is 14.0 Å². The topological polar surface area (TPSA) is 85.8 Å². The number of rotatable bonds is 6. The predicted octanol–water partition coefficient (Wildman–Crippen LogP) is 3.45. The van der Waals surface area contributed by atoms with E-state index in [1.807, 2.05) is 6.07 Å². The molecule has 26 heavy (non-hydrogen) atoms. The van der Waals surface area contributed by atoms with Crippen LogP contribution >= 0.6 is 15.9 Å². The average Bonchev–Trinajstić information content (AvgIpc) is 3.22. The van der Waals surface area contributed by atoms with Crippen molar-refractivity contribution in [2.24, 2.45) is 0 Å². The number of carbonyl (C=O) groups is 2. The van der Waals surface area contributed by atoms with Gasteiger partial charge in [0, 0.05) is 16.7 Å². The maximum absolute atomic E-state index is 12.3. The summed E-state index contributed by atoms with van der Waals surface area (Å²) in [4.78, 5) is 28.6.